The molecule has 3 N–H and O–H groups in total. The molecule has 2 aromatic rings. The number of carbonyl (C=O) groups excluding carboxylic acids is 2. The number of hydrogen-bond acceptors (Lipinski definition) is 7. The van der Waals surface area contributed by atoms with Gasteiger partial charge in [-0.05, 0) is 53.5 Å². The molecule has 3 heterocycles. The zero-order valence-electron chi connectivity index (χ0n) is 21.8. The number of aromatic nitrogens is 2. The lowest BCUT2D eigenvalue weighted by molar-refractivity contribution is -0.168. The van der Waals surface area contributed by atoms with E-state index in [4.69, 9.17) is 0 Å². The van der Waals surface area contributed by atoms with Crippen molar-refractivity contribution in [3.05, 3.63) is 28.5 Å². The van der Waals surface area contributed by atoms with Crippen molar-refractivity contribution < 1.29 is 41.0 Å². The van der Waals surface area contributed by atoms with Crippen LogP contribution in [0.5, 0.6) is 0 Å². The van der Waals surface area contributed by atoms with Crippen LogP contribution in [-0.4, -0.2) is 68.2 Å². The average molecular weight is 582 g/mol. The number of pyridine rings is 1. The van der Waals surface area contributed by atoms with E-state index in [-0.39, 0.29) is 22.5 Å². The third kappa shape index (κ3) is 6.99. The Morgan fingerprint density at radius 3 is 2.31 bits per heavy atom. The molecule has 15 heteroatoms. The van der Waals surface area contributed by atoms with Crippen molar-refractivity contribution in [1.82, 2.24) is 20.2 Å². The van der Waals surface area contributed by atoms with Crippen LogP contribution in [0.25, 0.3) is 10.4 Å². The number of nitrogens with zero attached hydrogens (tertiary/aromatic N) is 3. The Morgan fingerprint density at radius 1 is 1.15 bits per heavy atom. The number of carbonyl (C=O) groups is 2. The van der Waals surface area contributed by atoms with Crippen molar-refractivity contribution in [2.75, 3.05) is 18.4 Å². The topological polar surface area (TPSA) is 107 Å². The van der Waals surface area contributed by atoms with Crippen LogP contribution in [0.4, 0.5) is 32.2 Å². The average Bonchev–Trinajstić information content (AvgIpc) is 3.41. The molecule has 1 atom stereocenters. The van der Waals surface area contributed by atoms with Gasteiger partial charge in [-0.2, -0.15) is 26.3 Å². The van der Waals surface area contributed by atoms with Crippen molar-refractivity contribution >= 4 is 29.0 Å². The van der Waals surface area contributed by atoms with Crippen LogP contribution in [0, 0.1) is 0 Å². The van der Waals surface area contributed by atoms with E-state index in [1.807, 2.05) is 5.32 Å². The van der Waals surface area contributed by atoms with E-state index in [1.165, 1.54) is 18.7 Å². The second-order valence-electron chi connectivity index (χ2n) is 10.5. The van der Waals surface area contributed by atoms with Crippen LogP contribution in [0.15, 0.2) is 12.3 Å². The molecule has 1 fully saturated rings. The van der Waals surface area contributed by atoms with Crippen LogP contribution < -0.4 is 10.6 Å². The van der Waals surface area contributed by atoms with Gasteiger partial charge >= 0.3 is 12.4 Å². The summed E-state index contributed by atoms with van der Waals surface area (Å²) in [5.41, 5.74) is -6.24. The number of likely N-dealkylation sites (tertiary alicyclic amines) is 1. The second-order valence-corrected chi connectivity index (χ2v) is 11.5. The van der Waals surface area contributed by atoms with Gasteiger partial charge in [-0.3, -0.25) is 9.59 Å². The highest BCUT2D eigenvalue weighted by Crippen LogP contribution is 2.43. The summed E-state index contributed by atoms with van der Waals surface area (Å²) in [6, 6.07) is 0.222. The number of aliphatic hydroxyl groups is 1. The van der Waals surface area contributed by atoms with Gasteiger partial charge in [-0.25, -0.2) is 9.97 Å². The van der Waals surface area contributed by atoms with Gasteiger partial charge in [0.25, 0.3) is 11.8 Å². The molecule has 2 aromatic heterocycles. The summed E-state index contributed by atoms with van der Waals surface area (Å²) in [4.78, 5) is 35.1. The number of amides is 2. The molecule has 1 saturated heterocycles. The highest BCUT2D eigenvalue weighted by Gasteiger charge is 2.48. The zero-order chi connectivity index (χ0) is 29.6. The van der Waals surface area contributed by atoms with Gasteiger partial charge in [0, 0.05) is 30.9 Å². The Balaban J connectivity index is 2.14. The zero-order valence-corrected chi connectivity index (χ0v) is 22.7. The highest BCUT2D eigenvalue weighted by atomic mass is 32.1. The number of rotatable bonds is 7. The van der Waals surface area contributed by atoms with E-state index in [0.717, 1.165) is 13.8 Å². The maximum Gasteiger partial charge on any atom is 0.417 e. The Morgan fingerprint density at radius 2 is 1.79 bits per heavy atom. The van der Waals surface area contributed by atoms with E-state index in [0.29, 0.717) is 43.0 Å². The Kier molecular flexibility index (Phi) is 8.29. The van der Waals surface area contributed by atoms with E-state index >= 15 is 0 Å². The summed E-state index contributed by atoms with van der Waals surface area (Å²) in [5, 5.41) is 14.0. The minimum atomic E-state index is -5.05. The molecule has 0 bridgehead atoms. The summed E-state index contributed by atoms with van der Waals surface area (Å²) in [7, 11) is 0. The Labute approximate surface area is 224 Å². The molecule has 0 spiro atoms. The standard InChI is InChI=1S/C24H29F6N5O3S/c1-12-7-6-8-35(12)20(37)16-17(39-19(33-16)18(36)32-11-21(2,3)38)13-10-31-15(9-14(13)23(25,26)27)34-22(4,5)24(28,29)30/h9-10,12,38H,6-8,11H2,1-5H3,(H,31,34)(H,32,36)/t12-/m0/s1. The molecule has 8 nitrogen and oxygen atoms in total. The molecule has 1 aliphatic heterocycles. The smallest absolute Gasteiger partial charge is 0.389 e. The quantitative estimate of drug-likeness (QED) is 0.393. The molecular formula is C24H29F6N5O3S. The molecule has 0 radical (unpaired) electrons. The monoisotopic (exact) mass is 581 g/mol. The first-order valence-electron chi connectivity index (χ1n) is 12.0. The summed E-state index contributed by atoms with van der Waals surface area (Å²) in [6.07, 6.45) is -7.77. The lowest BCUT2D eigenvalue weighted by Crippen LogP contribution is -2.46. The fraction of sp³-hybridized carbons (Fsp3) is 0.583. The van der Waals surface area contributed by atoms with Crippen molar-refractivity contribution in [3.63, 3.8) is 0 Å². The fourth-order valence-corrected chi connectivity index (χ4v) is 4.82. The summed E-state index contributed by atoms with van der Waals surface area (Å²) < 4.78 is 82.6. The molecule has 0 unspecified atom stereocenters. The van der Waals surface area contributed by atoms with Gasteiger partial charge < -0.3 is 20.6 Å². The maximum atomic E-state index is 14.2. The SMILES string of the molecule is C[C@H]1CCCN1C(=O)c1nc(C(=O)NCC(C)(C)O)sc1-c1cnc(NC(C)(C)C(F)(F)F)cc1C(F)(F)F. The predicted molar refractivity (Wildman–Crippen MR) is 132 cm³/mol. The lowest BCUT2D eigenvalue weighted by atomic mass is 10.0. The molecule has 0 saturated carbocycles. The molecule has 39 heavy (non-hydrogen) atoms. The molecule has 2 amide bonds. The van der Waals surface area contributed by atoms with Gasteiger partial charge in [0.05, 0.1) is 16.0 Å². The van der Waals surface area contributed by atoms with Crippen molar-refractivity contribution in [2.24, 2.45) is 0 Å². The van der Waals surface area contributed by atoms with Crippen molar-refractivity contribution in [1.29, 1.82) is 0 Å². The second kappa shape index (κ2) is 10.6. The summed E-state index contributed by atoms with van der Waals surface area (Å²) in [5.74, 6) is -2.17. The third-order valence-electron chi connectivity index (χ3n) is 6.12. The molecular weight excluding hydrogens is 552 g/mol. The maximum absolute atomic E-state index is 14.2. The Bertz CT molecular complexity index is 1240. The van der Waals surface area contributed by atoms with Gasteiger partial charge in [-0.1, -0.05) is 0 Å². The van der Waals surface area contributed by atoms with Crippen LogP contribution in [0.2, 0.25) is 0 Å². The molecule has 0 aromatic carbocycles. The molecule has 216 valence electrons. The van der Waals surface area contributed by atoms with E-state index in [2.05, 4.69) is 15.3 Å². The number of nitrogens with one attached hydrogen (secondary N) is 2. The first-order valence-corrected chi connectivity index (χ1v) is 12.8. The predicted octanol–water partition coefficient (Wildman–Crippen LogP) is 5.10. The molecule has 0 aliphatic carbocycles. The first kappa shape index (κ1) is 30.6. The van der Waals surface area contributed by atoms with Crippen LogP contribution in [0.3, 0.4) is 0 Å². The van der Waals surface area contributed by atoms with Crippen LogP contribution in [0.1, 0.15) is 73.3 Å². The largest absolute Gasteiger partial charge is 0.417 e. The summed E-state index contributed by atoms with van der Waals surface area (Å²) >= 11 is 0.520. The van der Waals surface area contributed by atoms with Crippen LogP contribution >= 0.6 is 11.3 Å². The first-order chi connectivity index (χ1) is 17.7. The fourth-order valence-electron chi connectivity index (χ4n) is 3.82. The number of anilines is 1. The lowest BCUT2D eigenvalue weighted by Gasteiger charge is -2.29. The van der Waals surface area contributed by atoms with Gasteiger partial charge in [-0.15, -0.1) is 11.3 Å². The van der Waals surface area contributed by atoms with Crippen molar-refractivity contribution in [3.8, 4) is 10.4 Å². The highest BCUT2D eigenvalue weighted by molar-refractivity contribution is 7.17. The van der Waals surface area contributed by atoms with E-state index in [1.54, 1.807) is 6.92 Å². The third-order valence-corrected chi connectivity index (χ3v) is 7.21. The number of hydrogen-bond donors (Lipinski definition) is 3. The number of thiazole rings is 1. The minimum Gasteiger partial charge on any atom is -0.389 e. The van der Waals surface area contributed by atoms with Crippen LogP contribution in [-0.2, 0) is 6.18 Å². The van der Waals surface area contributed by atoms with Gasteiger partial charge in [0.15, 0.2) is 5.01 Å². The van der Waals surface area contributed by atoms with E-state index < -0.39 is 57.9 Å². The Hall–Kier alpha value is -2.94. The summed E-state index contributed by atoms with van der Waals surface area (Å²) in [6.45, 7) is 6.30. The normalized spacial score (nSPS) is 16.9. The van der Waals surface area contributed by atoms with Gasteiger partial charge in [0.2, 0.25) is 0 Å². The number of alkyl halides is 6. The molecule has 3 rings (SSSR count). The molecule has 1 aliphatic rings. The van der Waals surface area contributed by atoms with Crippen molar-refractivity contribution in [2.45, 2.75) is 77.0 Å². The minimum absolute atomic E-state index is 0.197. The van der Waals surface area contributed by atoms with E-state index in [9.17, 15) is 41.0 Å². The number of halogens is 6. The van der Waals surface area contributed by atoms with Gasteiger partial charge in [0.1, 0.15) is 17.1 Å².